The van der Waals surface area contributed by atoms with Gasteiger partial charge in [-0.3, -0.25) is 4.79 Å². The molecule has 0 aliphatic heterocycles. The van der Waals surface area contributed by atoms with E-state index in [0.29, 0.717) is 16.4 Å². The van der Waals surface area contributed by atoms with Crippen molar-refractivity contribution in [1.29, 1.82) is 0 Å². The Morgan fingerprint density at radius 3 is 2.68 bits per heavy atom. The number of rotatable bonds is 2. The molecule has 1 aromatic carbocycles. The highest BCUT2D eigenvalue weighted by atomic mass is 79.9. The number of aryl methyl sites for hydroxylation is 1. The van der Waals surface area contributed by atoms with E-state index in [1.165, 1.54) is 0 Å². The molecule has 98 valence electrons. The lowest BCUT2D eigenvalue weighted by molar-refractivity contribution is 0.102. The number of carbonyl (C=O) groups is 1. The number of carbonyl (C=O) groups excluding carboxylic acids is 1. The molecule has 0 unspecified atom stereocenters. The third-order valence-electron chi connectivity index (χ3n) is 2.45. The monoisotopic (exact) mass is 402 g/mol. The first-order valence-corrected chi connectivity index (χ1v) is 7.32. The Kier molecular flexibility index (Phi) is 4.60. The van der Waals surface area contributed by atoms with Crippen molar-refractivity contribution in [3.8, 4) is 0 Å². The Morgan fingerprint density at radius 2 is 2.00 bits per heavy atom. The van der Waals surface area contributed by atoms with E-state index >= 15 is 0 Å². The number of hydrogen-bond acceptors (Lipinski definition) is 2. The van der Waals surface area contributed by atoms with E-state index in [0.717, 1.165) is 14.5 Å². The van der Waals surface area contributed by atoms with Gasteiger partial charge in [-0.05, 0) is 52.7 Å². The van der Waals surface area contributed by atoms with Crippen molar-refractivity contribution in [2.45, 2.75) is 6.92 Å². The van der Waals surface area contributed by atoms with Crippen molar-refractivity contribution in [3.05, 3.63) is 55.6 Å². The van der Waals surface area contributed by atoms with E-state index in [4.69, 9.17) is 11.6 Å². The molecular weight excluding hydrogens is 395 g/mol. The van der Waals surface area contributed by atoms with Crippen LogP contribution in [0.25, 0.3) is 0 Å². The van der Waals surface area contributed by atoms with Gasteiger partial charge in [0, 0.05) is 15.1 Å². The van der Waals surface area contributed by atoms with Crippen LogP contribution >= 0.6 is 43.5 Å². The maximum absolute atomic E-state index is 12.2. The number of nitrogens with zero attached hydrogens (tertiary/aromatic N) is 1. The molecule has 2 aromatic rings. The third kappa shape index (κ3) is 3.55. The molecule has 0 bridgehead atoms. The summed E-state index contributed by atoms with van der Waals surface area (Å²) in [5, 5.41) is 3.14. The summed E-state index contributed by atoms with van der Waals surface area (Å²) >= 11 is 12.7. The number of halogens is 3. The zero-order chi connectivity index (χ0) is 14.0. The van der Waals surface area contributed by atoms with Gasteiger partial charge in [0.05, 0.1) is 10.6 Å². The molecule has 1 N–H and O–H groups in total. The highest BCUT2D eigenvalue weighted by Gasteiger charge is 2.13. The Bertz CT molecular complexity index is 647. The van der Waals surface area contributed by atoms with Gasteiger partial charge in [-0.25, -0.2) is 4.98 Å². The summed E-state index contributed by atoms with van der Waals surface area (Å²) < 4.78 is 1.66. The minimum atomic E-state index is -0.288. The molecule has 0 radical (unpaired) electrons. The summed E-state index contributed by atoms with van der Waals surface area (Å²) in [5.74, 6) is 0.230. The fraction of sp³-hybridized carbons (Fsp3) is 0.0769. The molecule has 6 heteroatoms. The van der Waals surface area contributed by atoms with Crippen LogP contribution in [-0.4, -0.2) is 10.9 Å². The number of nitrogens with one attached hydrogen (secondary N) is 1. The molecule has 0 aliphatic rings. The number of amides is 1. The quantitative estimate of drug-likeness (QED) is 0.780. The molecule has 0 aliphatic carbocycles. The highest BCUT2D eigenvalue weighted by Crippen LogP contribution is 2.23. The number of pyridine rings is 1. The standard InChI is InChI=1S/C13H9Br2ClN2O/c1-7-4-9(15)6-17-12(7)18-13(19)10-5-8(14)2-3-11(10)16/h2-6H,1H3,(H,17,18,19). The van der Waals surface area contributed by atoms with E-state index < -0.39 is 0 Å². The summed E-state index contributed by atoms with van der Waals surface area (Å²) in [5.41, 5.74) is 1.27. The maximum Gasteiger partial charge on any atom is 0.258 e. The van der Waals surface area contributed by atoms with Crippen molar-refractivity contribution >= 4 is 55.2 Å². The minimum absolute atomic E-state index is 0.288. The molecule has 0 spiro atoms. The van der Waals surface area contributed by atoms with Crippen LogP contribution in [-0.2, 0) is 0 Å². The van der Waals surface area contributed by atoms with Gasteiger partial charge in [0.25, 0.3) is 5.91 Å². The van der Waals surface area contributed by atoms with E-state index in [-0.39, 0.29) is 5.91 Å². The van der Waals surface area contributed by atoms with E-state index in [2.05, 4.69) is 42.2 Å². The first-order chi connectivity index (χ1) is 8.97. The second-order valence-corrected chi connectivity index (χ2v) is 6.14. The summed E-state index contributed by atoms with van der Waals surface area (Å²) in [4.78, 5) is 16.3. The predicted molar refractivity (Wildman–Crippen MR) is 83.8 cm³/mol. The van der Waals surface area contributed by atoms with Crippen LogP contribution in [0.1, 0.15) is 15.9 Å². The lowest BCUT2D eigenvalue weighted by Gasteiger charge is -2.09. The molecule has 0 fully saturated rings. The Labute approximate surface area is 132 Å². The molecule has 3 nitrogen and oxygen atoms in total. The Hall–Kier alpha value is -0.910. The second kappa shape index (κ2) is 6.03. The van der Waals surface area contributed by atoms with E-state index in [1.54, 1.807) is 24.4 Å². The fourth-order valence-corrected chi connectivity index (χ4v) is 2.53. The van der Waals surface area contributed by atoms with Gasteiger partial charge in [0.2, 0.25) is 0 Å². The first kappa shape index (κ1) is 14.5. The zero-order valence-corrected chi connectivity index (χ0v) is 13.8. The molecule has 1 amide bonds. The lowest BCUT2D eigenvalue weighted by Crippen LogP contribution is -2.14. The van der Waals surface area contributed by atoms with Gasteiger partial charge < -0.3 is 5.32 Å². The number of anilines is 1. The average molecular weight is 404 g/mol. The normalized spacial score (nSPS) is 10.3. The number of hydrogen-bond donors (Lipinski definition) is 1. The molecule has 0 saturated carbocycles. The van der Waals surface area contributed by atoms with Crippen molar-refractivity contribution in [3.63, 3.8) is 0 Å². The molecule has 2 rings (SSSR count). The van der Waals surface area contributed by atoms with Crippen LogP contribution in [0.5, 0.6) is 0 Å². The number of aromatic nitrogens is 1. The molecule has 1 heterocycles. The van der Waals surface area contributed by atoms with Gasteiger partial charge in [0.15, 0.2) is 0 Å². The van der Waals surface area contributed by atoms with Crippen LogP contribution in [0.3, 0.4) is 0 Å². The van der Waals surface area contributed by atoms with Gasteiger partial charge in [-0.2, -0.15) is 0 Å². The van der Waals surface area contributed by atoms with Crippen molar-refractivity contribution < 1.29 is 4.79 Å². The van der Waals surface area contributed by atoms with Crippen molar-refractivity contribution in [2.24, 2.45) is 0 Å². The molecule has 19 heavy (non-hydrogen) atoms. The minimum Gasteiger partial charge on any atom is -0.306 e. The molecule has 0 atom stereocenters. The van der Waals surface area contributed by atoms with E-state index in [1.807, 2.05) is 13.0 Å². The van der Waals surface area contributed by atoms with Crippen molar-refractivity contribution in [1.82, 2.24) is 4.98 Å². The maximum atomic E-state index is 12.2. The first-order valence-electron chi connectivity index (χ1n) is 5.36. The van der Waals surface area contributed by atoms with Gasteiger partial charge in [-0.1, -0.05) is 27.5 Å². The smallest absolute Gasteiger partial charge is 0.258 e. The Morgan fingerprint density at radius 1 is 1.26 bits per heavy atom. The zero-order valence-electron chi connectivity index (χ0n) is 9.88. The Balaban J connectivity index is 2.28. The van der Waals surface area contributed by atoms with Crippen LogP contribution in [0.4, 0.5) is 5.82 Å². The van der Waals surface area contributed by atoms with Crippen LogP contribution in [0, 0.1) is 6.92 Å². The summed E-state index contributed by atoms with van der Waals surface area (Å²) in [6, 6.07) is 7.00. The fourth-order valence-electron chi connectivity index (χ4n) is 1.52. The van der Waals surface area contributed by atoms with Gasteiger partial charge in [-0.15, -0.1) is 0 Å². The highest BCUT2D eigenvalue weighted by molar-refractivity contribution is 9.10. The van der Waals surface area contributed by atoms with Crippen LogP contribution in [0.2, 0.25) is 5.02 Å². The summed E-state index contributed by atoms with van der Waals surface area (Å²) in [6.45, 7) is 1.87. The largest absolute Gasteiger partial charge is 0.306 e. The summed E-state index contributed by atoms with van der Waals surface area (Å²) in [6.07, 6.45) is 1.63. The van der Waals surface area contributed by atoms with Crippen LogP contribution in [0.15, 0.2) is 39.4 Å². The number of benzene rings is 1. The molecule has 0 saturated heterocycles. The lowest BCUT2D eigenvalue weighted by atomic mass is 10.2. The predicted octanol–water partition coefficient (Wildman–Crippen LogP) is 4.82. The molecular formula is C13H9Br2ClN2O. The summed E-state index contributed by atoms with van der Waals surface area (Å²) in [7, 11) is 0. The van der Waals surface area contributed by atoms with Gasteiger partial charge in [0.1, 0.15) is 5.82 Å². The topological polar surface area (TPSA) is 42.0 Å². The third-order valence-corrected chi connectivity index (χ3v) is 3.71. The van der Waals surface area contributed by atoms with Crippen molar-refractivity contribution in [2.75, 3.05) is 5.32 Å². The molecule has 1 aromatic heterocycles. The van der Waals surface area contributed by atoms with Crippen LogP contribution < -0.4 is 5.32 Å². The van der Waals surface area contributed by atoms with Gasteiger partial charge >= 0.3 is 0 Å². The SMILES string of the molecule is Cc1cc(Br)cnc1NC(=O)c1cc(Br)ccc1Cl. The van der Waals surface area contributed by atoms with E-state index in [9.17, 15) is 4.79 Å². The second-order valence-electron chi connectivity index (χ2n) is 3.90. The average Bonchev–Trinajstić information content (AvgIpc) is 2.35.